The number of Topliss-reactive ketones (excluding diaryl/α,β-unsaturated/α-hetero) is 1. The van der Waals surface area contributed by atoms with E-state index in [0.717, 1.165) is 10.6 Å². The van der Waals surface area contributed by atoms with Gasteiger partial charge in [0.2, 0.25) is 0 Å². The molecule has 0 aliphatic rings. The number of rotatable bonds is 5. The van der Waals surface area contributed by atoms with Crippen LogP contribution in [-0.4, -0.2) is 23.8 Å². The molecule has 1 rings (SSSR count). The number of likely N-dealkylation sites (N-methyl/N-ethyl adjacent to an activating group) is 1. The Labute approximate surface area is 109 Å². The van der Waals surface area contributed by atoms with Gasteiger partial charge in [-0.3, -0.25) is 9.69 Å². The molecule has 0 saturated carbocycles. The second kappa shape index (κ2) is 6.18. The number of hydrogen-bond donors (Lipinski definition) is 0. The lowest BCUT2D eigenvalue weighted by molar-refractivity contribution is -0.123. The van der Waals surface area contributed by atoms with E-state index in [2.05, 4.69) is 11.8 Å². The summed E-state index contributed by atoms with van der Waals surface area (Å²) in [6.07, 6.45) is 0.570. The first kappa shape index (κ1) is 14.2. The summed E-state index contributed by atoms with van der Waals surface area (Å²) in [6, 6.07) is 7.83. The molecule has 0 radical (unpaired) electrons. The standard InChI is InChI=1S/C14H20ClNO/c1-5-14(17)11(3)16(4)10(2)12-8-6-7-9-13(12)15/h6-11H,5H2,1-4H3. The van der Waals surface area contributed by atoms with E-state index in [4.69, 9.17) is 11.6 Å². The molecule has 0 aliphatic carbocycles. The third-order valence-electron chi connectivity index (χ3n) is 3.39. The monoisotopic (exact) mass is 253 g/mol. The summed E-state index contributed by atoms with van der Waals surface area (Å²) in [6.45, 7) is 5.91. The van der Waals surface area contributed by atoms with E-state index in [1.165, 1.54) is 0 Å². The smallest absolute Gasteiger partial charge is 0.149 e. The average Bonchev–Trinajstić information content (AvgIpc) is 2.35. The second-order valence-electron chi connectivity index (χ2n) is 4.36. The fraction of sp³-hybridized carbons (Fsp3) is 0.500. The first-order valence-electron chi connectivity index (χ1n) is 5.98. The van der Waals surface area contributed by atoms with Crippen molar-refractivity contribution in [1.29, 1.82) is 0 Å². The Bertz CT molecular complexity index is 392. The summed E-state index contributed by atoms with van der Waals surface area (Å²) in [5, 5.41) is 0.753. The lowest BCUT2D eigenvalue weighted by atomic mass is 10.0. The van der Waals surface area contributed by atoms with Crippen molar-refractivity contribution in [3.63, 3.8) is 0 Å². The van der Waals surface area contributed by atoms with Gasteiger partial charge in [0.05, 0.1) is 6.04 Å². The third-order valence-corrected chi connectivity index (χ3v) is 3.74. The van der Waals surface area contributed by atoms with Gasteiger partial charge in [-0.2, -0.15) is 0 Å². The van der Waals surface area contributed by atoms with Crippen molar-refractivity contribution in [2.45, 2.75) is 39.3 Å². The highest BCUT2D eigenvalue weighted by Gasteiger charge is 2.22. The Morgan fingerprint density at radius 2 is 1.94 bits per heavy atom. The molecule has 1 aromatic carbocycles. The van der Waals surface area contributed by atoms with Crippen LogP contribution in [0.4, 0.5) is 0 Å². The highest BCUT2D eigenvalue weighted by Crippen LogP contribution is 2.27. The molecule has 2 nitrogen and oxygen atoms in total. The van der Waals surface area contributed by atoms with Crippen molar-refractivity contribution in [3.8, 4) is 0 Å². The van der Waals surface area contributed by atoms with Crippen LogP contribution in [0.1, 0.15) is 38.8 Å². The van der Waals surface area contributed by atoms with Gasteiger partial charge in [-0.1, -0.05) is 36.7 Å². The van der Waals surface area contributed by atoms with Gasteiger partial charge in [-0.15, -0.1) is 0 Å². The maximum Gasteiger partial charge on any atom is 0.149 e. The molecular formula is C14H20ClNO. The molecular weight excluding hydrogens is 234 g/mol. The van der Waals surface area contributed by atoms with Crippen molar-refractivity contribution in [2.75, 3.05) is 7.05 Å². The van der Waals surface area contributed by atoms with Gasteiger partial charge in [-0.25, -0.2) is 0 Å². The zero-order valence-corrected chi connectivity index (χ0v) is 11.7. The van der Waals surface area contributed by atoms with Crippen LogP contribution in [0.25, 0.3) is 0 Å². The summed E-state index contributed by atoms with van der Waals surface area (Å²) in [4.78, 5) is 13.8. The van der Waals surface area contributed by atoms with Gasteiger partial charge >= 0.3 is 0 Å². The largest absolute Gasteiger partial charge is 0.298 e. The molecule has 2 unspecified atom stereocenters. The van der Waals surface area contributed by atoms with Crippen LogP contribution in [0, 0.1) is 0 Å². The fourth-order valence-electron chi connectivity index (χ4n) is 1.89. The number of halogens is 1. The molecule has 3 heteroatoms. The molecule has 0 aromatic heterocycles. The normalized spacial score (nSPS) is 14.7. The Kier molecular flexibility index (Phi) is 5.16. The van der Waals surface area contributed by atoms with Crippen molar-refractivity contribution < 1.29 is 4.79 Å². The summed E-state index contributed by atoms with van der Waals surface area (Å²) in [5.74, 6) is 0.256. The van der Waals surface area contributed by atoms with E-state index >= 15 is 0 Å². The molecule has 0 saturated heterocycles. The van der Waals surface area contributed by atoms with Crippen molar-refractivity contribution in [3.05, 3.63) is 34.9 Å². The summed E-state index contributed by atoms with van der Waals surface area (Å²) >= 11 is 6.17. The minimum Gasteiger partial charge on any atom is -0.298 e. The van der Waals surface area contributed by atoms with Crippen LogP contribution in [-0.2, 0) is 4.79 Å². The number of carbonyl (C=O) groups is 1. The first-order chi connectivity index (χ1) is 7.99. The van der Waals surface area contributed by atoms with E-state index in [9.17, 15) is 4.79 Å². The highest BCUT2D eigenvalue weighted by atomic mass is 35.5. The number of carbonyl (C=O) groups excluding carboxylic acids is 1. The molecule has 1 aromatic rings. The zero-order chi connectivity index (χ0) is 13.0. The van der Waals surface area contributed by atoms with Gasteiger partial charge in [0, 0.05) is 17.5 Å². The first-order valence-corrected chi connectivity index (χ1v) is 6.35. The molecule has 94 valence electrons. The molecule has 0 aliphatic heterocycles. The Morgan fingerprint density at radius 3 is 2.47 bits per heavy atom. The molecule has 0 N–H and O–H groups in total. The quantitative estimate of drug-likeness (QED) is 0.798. The van der Waals surface area contributed by atoms with E-state index in [-0.39, 0.29) is 17.9 Å². The van der Waals surface area contributed by atoms with Crippen LogP contribution in [0.3, 0.4) is 0 Å². The van der Waals surface area contributed by atoms with Crippen molar-refractivity contribution in [1.82, 2.24) is 4.90 Å². The Balaban J connectivity index is 2.87. The fourth-order valence-corrected chi connectivity index (χ4v) is 2.18. The van der Waals surface area contributed by atoms with Crippen LogP contribution in [0.5, 0.6) is 0 Å². The molecule has 0 spiro atoms. The van der Waals surface area contributed by atoms with Gasteiger partial charge < -0.3 is 0 Å². The van der Waals surface area contributed by atoms with Crippen LogP contribution in [0.15, 0.2) is 24.3 Å². The van der Waals surface area contributed by atoms with Crippen LogP contribution >= 0.6 is 11.6 Å². The van der Waals surface area contributed by atoms with Gasteiger partial charge in [-0.05, 0) is 32.5 Å². The number of nitrogens with zero attached hydrogens (tertiary/aromatic N) is 1. The van der Waals surface area contributed by atoms with E-state index in [1.807, 2.05) is 45.2 Å². The van der Waals surface area contributed by atoms with Crippen LogP contribution in [0.2, 0.25) is 5.02 Å². The Morgan fingerprint density at radius 1 is 1.35 bits per heavy atom. The predicted octanol–water partition coefficient (Wildman–Crippen LogP) is 3.70. The molecule has 0 heterocycles. The van der Waals surface area contributed by atoms with Crippen LogP contribution < -0.4 is 0 Å². The predicted molar refractivity (Wildman–Crippen MR) is 72.4 cm³/mol. The topological polar surface area (TPSA) is 20.3 Å². The maximum atomic E-state index is 11.7. The van der Waals surface area contributed by atoms with Gasteiger partial charge in [0.1, 0.15) is 5.78 Å². The lowest BCUT2D eigenvalue weighted by Crippen LogP contribution is -2.37. The van der Waals surface area contributed by atoms with E-state index in [0.29, 0.717) is 6.42 Å². The molecule has 0 amide bonds. The molecule has 0 bridgehead atoms. The molecule has 2 atom stereocenters. The number of ketones is 1. The zero-order valence-electron chi connectivity index (χ0n) is 10.9. The summed E-state index contributed by atoms with van der Waals surface area (Å²) in [7, 11) is 1.96. The summed E-state index contributed by atoms with van der Waals surface area (Å²) in [5.41, 5.74) is 1.06. The van der Waals surface area contributed by atoms with E-state index < -0.39 is 0 Å². The number of benzene rings is 1. The lowest BCUT2D eigenvalue weighted by Gasteiger charge is -2.30. The molecule has 17 heavy (non-hydrogen) atoms. The highest BCUT2D eigenvalue weighted by molar-refractivity contribution is 6.31. The molecule has 0 fully saturated rings. The minimum atomic E-state index is -0.0775. The van der Waals surface area contributed by atoms with Gasteiger partial charge in [0.25, 0.3) is 0 Å². The third kappa shape index (κ3) is 3.30. The van der Waals surface area contributed by atoms with Crippen molar-refractivity contribution in [2.24, 2.45) is 0 Å². The van der Waals surface area contributed by atoms with Crippen molar-refractivity contribution >= 4 is 17.4 Å². The van der Waals surface area contributed by atoms with Gasteiger partial charge in [0.15, 0.2) is 0 Å². The SMILES string of the molecule is CCC(=O)C(C)N(C)C(C)c1ccccc1Cl. The Hall–Kier alpha value is -0.860. The second-order valence-corrected chi connectivity index (χ2v) is 4.77. The minimum absolute atomic E-state index is 0.0775. The number of hydrogen-bond acceptors (Lipinski definition) is 2. The maximum absolute atomic E-state index is 11.7. The van der Waals surface area contributed by atoms with E-state index in [1.54, 1.807) is 0 Å². The summed E-state index contributed by atoms with van der Waals surface area (Å²) < 4.78 is 0. The average molecular weight is 254 g/mol.